The summed E-state index contributed by atoms with van der Waals surface area (Å²) in [6, 6.07) is 13.4. The Balaban J connectivity index is 0.000000610. The Bertz CT molecular complexity index is 1260. The summed E-state index contributed by atoms with van der Waals surface area (Å²) in [7, 11) is 0. The van der Waals surface area contributed by atoms with Gasteiger partial charge in [0.2, 0.25) is 0 Å². The van der Waals surface area contributed by atoms with E-state index in [0.717, 1.165) is 87.8 Å². The molecule has 1 spiro atoms. The molecule has 8 nitrogen and oxygen atoms in total. The molecule has 244 valence electrons. The van der Waals surface area contributed by atoms with E-state index in [2.05, 4.69) is 25.3 Å². The van der Waals surface area contributed by atoms with Crippen molar-refractivity contribution in [3.63, 3.8) is 0 Å². The number of carbonyl (C=O) groups is 3. The summed E-state index contributed by atoms with van der Waals surface area (Å²) in [5.74, 6) is -2.95. The summed E-state index contributed by atoms with van der Waals surface area (Å²) in [5.41, 5.74) is 2.34. The molecule has 0 bridgehead atoms. The van der Waals surface area contributed by atoms with Crippen molar-refractivity contribution in [3.8, 4) is 0 Å². The first-order valence-corrected chi connectivity index (χ1v) is 15.6. The van der Waals surface area contributed by atoms with E-state index in [1.54, 1.807) is 0 Å². The average Bonchev–Trinajstić information content (AvgIpc) is 3.25. The van der Waals surface area contributed by atoms with Crippen LogP contribution in [0.4, 0.5) is 13.6 Å². The molecule has 4 rings (SSSR count). The second kappa shape index (κ2) is 16.9. The molecule has 2 aromatic carbocycles. The van der Waals surface area contributed by atoms with Crippen molar-refractivity contribution in [2.24, 2.45) is 0 Å². The fourth-order valence-electron chi connectivity index (χ4n) is 6.04. The molecule has 45 heavy (non-hydrogen) atoms. The van der Waals surface area contributed by atoms with E-state index in [-0.39, 0.29) is 29.7 Å². The van der Waals surface area contributed by atoms with E-state index in [1.807, 2.05) is 29.2 Å². The minimum absolute atomic E-state index is 0.0792. The van der Waals surface area contributed by atoms with Crippen molar-refractivity contribution in [1.82, 2.24) is 9.80 Å². The Labute approximate surface area is 264 Å². The van der Waals surface area contributed by atoms with Crippen LogP contribution in [0.3, 0.4) is 0 Å². The number of aliphatic carboxylic acids is 2. The standard InChI is InChI=1S/C31H40F2N2O2.C4H4O4/c1-4-6-8-28(5-2)35-23(3)31(37-30(35)36)18-21-34(22-19-31)20-7-9-29(24-10-14-26(32)15-11-24)25-12-16-27(33)17-13-25;5-3(6)1-2-4(7)8/h10-17,28-29H,3-9,18-22H2,1-2H3;1-2H,(H,5,6)(H,7,8)/b;2-1+. The zero-order chi connectivity index (χ0) is 33.0. The molecule has 0 aliphatic carbocycles. The summed E-state index contributed by atoms with van der Waals surface area (Å²) in [6.45, 7) is 11.3. The van der Waals surface area contributed by atoms with Crippen molar-refractivity contribution in [2.45, 2.75) is 82.8 Å². The summed E-state index contributed by atoms with van der Waals surface area (Å²) < 4.78 is 33.1. The van der Waals surface area contributed by atoms with E-state index in [4.69, 9.17) is 14.9 Å². The molecular formula is C35H44F2N2O6. The molecule has 2 aliphatic heterocycles. The molecular weight excluding hydrogens is 582 g/mol. The quantitative estimate of drug-likeness (QED) is 0.224. The van der Waals surface area contributed by atoms with Gasteiger partial charge in [0.1, 0.15) is 11.6 Å². The second-order valence-corrected chi connectivity index (χ2v) is 11.5. The Morgan fingerprint density at radius 3 is 1.87 bits per heavy atom. The maximum atomic E-state index is 13.5. The van der Waals surface area contributed by atoms with Gasteiger partial charge in [0.25, 0.3) is 0 Å². The predicted octanol–water partition coefficient (Wildman–Crippen LogP) is 7.36. The molecule has 2 saturated heterocycles. The summed E-state index contributed by atoms with van der Waals surface area (Å²) in [4.78, 5) is 36.2. The monoisotopic (exact) mass is 626 g/mol. The molecule has 0 aromatic heterocycles. The Hall–Kier alpha value is -4.05. The molecule has 1 amide bonds. The first kappa shape index (κ1) is 35.4. The van der Waals surface area contributed by atoms with Crippen LogP contribution in [-0.4, -0.2) is 69.3 Å². The third kappa shape index (κ3) is 9.97. The number of carbonyl (C=O) groups excluding carboxylic acids is 1. The molecule has 1 unspecified atom stereocenters. The number of amides is 1. The third-order valence-corrected chi connectivity index (χ3v) is 8.57. The highest BCUT2D eigenvalue weighted by molar-refractivity contribution is 5.89. The number of carboxylic acid groups (broad SMARTS) is 2. The van der Waals surface area contributed by atoms with Crippen molar-refractivity contribution >= 4 is 18.0 Å². The van der Waals surface area contributed by atoms with Gasteiger partial charge in [-0.05, 0) is 67.6 Å². The second-order valence-electron chi connectivity index (χ2n) is 11.5. The van der Waals surface area contributed by atoms with Gasteiger partial charge < -0.3 is 19.8 Å². The molecule has 2 aliphatic rings. The minimum Gasteiger partial charge on any atom is -0.478 e. The number of nitrogens with zero attached hydrogens (tertiary/aromatic N) is 2. The summed E-state index contributed by atoms with van der Waals surface area (Å²) >= 11 is 0. The third-order valence-electron chi connectivity index (χ3n) is 8.57. The molecule has 2 N–H and O–H groups in total. The lowest BCUT2D eigenvalue weighted by molar-refractivity contribution is -0.134. The van der Waals surface area contributed by atoms with Crippen LogP contribution in [-0.2, 0) is 14.3 Å². The highest BCUT2D eigenvalue weighted by Crippen LogP contribution is 2.42. The molecule has 10 heteroatoms. The van der Waals surface area contributed by atoms with Gasteiger partial charge in [-0.25, -0.2) is 23.2 Å². The Kier molecular flexibility index (Phi) is 13.3. The van der Waals surface area contributed by atoms with Crippen molar-refractivity contribution in [2.75, 3.05) is 19.6 Å². The van der Waals surface area contributed by atoms with Crippen LogP contribution in [0.25, 0.3) is 0 Å². The molecule has 0 saturated carbocycles. The van der Waals surface area contributed by atoms with Crippen LogP contribution in [0.15, 0.2) is 73.0 Å². The summed E-state index contributed by atoms with van der Waals surface area (Å²) in [5, 5.41) is 15.6. The van der Waals surface area contributed by atoms with Gasteiger partial charge in [-0.3, -0.25) is 4.90 Å². The normalized spacial score (nSPS) is 17.0. The van der Waals surface area contributed by atoms with E-state index in [1.165, 1.54) is 24.3 Å². The lowest BCUT2D eigenvalue weighted by atomic mass is 9.86. The van der Waals surface area contributed by atoms with Gasteiger partial charge in [-0.15, -0.1) is 0 Å². The zero-order valence-corrected chi connectivity index (χ0v) is 26.1. The van der Waals surface area contributed by atoms with Crippen LogP contribution in [0.5, 0.6) is 0 Å². The van der Waals surface area contributed by atoms with Gasteiger partial charge in [-0.2, -0.15) is 0 Å². The number of piperidine rings is 1. The number of rotatable bonds is 13. The van der Waals surface area contributed by atoms with Crippen LogP contribution in [0, 0.1) is 11.6 Å². The number of hydrogen-bond donors (Lipinski definition) is 2. The number of benzene rings is 2. The van der Waals surface area contributed by atoms with Crippen LogP contribution in [0.1, 0.15) is 82.3 Å². The fraction of sp³-hybridized carbons (Fsp3) is 0.457. The van der Waals surface area contributed by atoms with Crippen LogP contribution >= 0.6 is 0 Å². The maximum Gasteiger partial charge on any atom is 0.415 e. The molecule has 2 aromatic rings. The van der Waals surface area contributed by atoms with E-state index in [0.29, 0.717) is 12.2 Å². The van der Waals surface area contributed by atoms with Crippen LogP contribution < -0.4 is 0 Å². The highest BCUT2D eigenvalue weighted by Gasteiger charge is 2.51. The van der Waals surface area contributed by atoms with Crippen molar-refractivity contribution in [1.29, 1.82) is 0 Å². The van der Waals surface area contributed by atoms with Gasteiger partial charge >= 0.3 is 18.0 Å². The lowest BCUT2D eigenvalue weighted by Gasteiger charge is -2.39. The van der Waals surface area contributed by atoms with Gasteiger partial charge in [0.15, 0.2) is 5.60 Å². The largest absolute Gasteiger partial charge is 0.478 e. The van der Waals surface area contributed by atoms with Crippen LogP contribution in [0.2, 0.25) is 0 Å². The topological polar surface area (TPSA) is 107 Å². The molecule has 2 fully saturated rings. The van der Waals surface area contributed by atoms with E-state index in [9.17, 15) is 23.2 Å². The number of carboxylic acids is 2. The van der Waals surface area contributed by atoms with Crippen molar-refractivity contribution in [3.05, 3.63) is 95.7 Å². The number of hydrogen-bond acceptors (Lipinski definition) is 5. The first-order chi connectivity index (χ1) is 21.5. The molecule has 1 atom stereocenters. The van der Waals surface area contributed by atoms with Crippen molar-refractivity contribution < 1.29 is 38.1 Å². The number of unbranched alkanes of at least 4 members (excludes halogenated alkanes) is 1. The van der Waals surface area contributed by atoms with E-state index >= 15 is 0 Å². The lowest BCUT2D eigenvalue weighted by Crippen LogP contribution is -2.46. The highest BCUT2D eigenvalue weighted by atomic mass is 19.1. The summed E-state index contributed by atoms with van der Waals surface area (Å²) in [6.07, 6.45) is 8.31. The van der Waals surface area contributed by atoms with Gasteiger partial charge in [0, 0.05) is 50.0 Å². The number of halogens is 2. The predicted molar refractivity (Wildman–Crippen MR) is 168 cm³/mol. The number of ether oxygens (including phenoxy) is 1. The first-order valence-electron chi connectivity index (χ1n) is 15.6. The molecule has 0 radical (unpaired) electrons. The van der Waals surface area contributed by atoms with Gasteiger partial charge in [-0.1, -0.05) is 57.5 Å². The smallest absolute Gasteiger partial charge is 0.415 e. The maximum absolute atomic E-state index is 13.5. The van der Waals surface area contributed by atoms with E-state index < -0.39 is 17.5 Å². The van der Waals surface area contributed by atoms with Gasteiger partial charge in [0.05, 0.1) is 5.70 Å². The Morgan fingerprint density at radius 1 is 0.911 bits per heavy atom. The average molecular weight is 627 g/mol. The zero-order valence-electron chi connectivity index (χ0n) is 26.1. The molecule has 2 heterocycles. The minimum atomic E-state index is -1.26. The fourth-order valence-corrected chi connectivity index (χ4v) is 6.04. The Morgan fingerprint density at radius 2 is 1.42 bits per heavy atom. The number of likely N-dealkylation sites (tertiary alicyclic amines) is 1. The SMILES string of the molecule is C=C1N(C(CC)CCCC)C(=O)OC12CCN(CCCC(c1ccc(F)cc1)c1ccc(F)cc1)CC2.O=C(O)/C=C/C(=O)O.